The zero-order valence-electron chi connectivity index (χ0n) is 12.6. The largest absolute Gasteiger partial charge is 0.339 e. The molecule has 4 nitrogen and oxygen atoms in total. The Balaban J connectivity index is 1.93. The van der Waals surface area contributed by atoms with Crippen molar-refractivity contribution in [2.24, 2.45) is 0 Å². The lowest BCUT2D eigenvalue weighted by atomic mass is 10.1. The number of aryl methyl sites for hydroxylation is 1. The van der Waals surface area contributed by atoms with Crippen molar-refractivity contribution < 1.29 is 0 Å². The van der Waals surface area contributed by atoms with Crippen LogP contribution in [0.1, 0.15) is 25.1 Å². The van der Waals surface area contributed by atoms with Gasteiger partial charge in [0.1, 0.15) is 5.69 Å². The maximum absolute atomic E-state index is 4.70. The van der Waals surface area contributed by atoms with Crippen LogP contribution >= 0.6 is 0 Å². The zero-order valence-corrected chi connectivity index (χ0v) is 12.6. The Hall–Kier alpha value is -2.20. The highest BCUT2D eigenvalue weighted by atomic mass is 15.0. The van der Waals surface area contributed by atoms with Gasteiger partial charge >= 0.3 is 0 Å². The number of fused-ring (bicyclic) bond motifs is 1. The predicted molar refractivity (Wildman–Crippen MR) is 86.0 cm³/mol. The minimum absolute atomic E-state index is 0.456. The smallest absolute Gasteiger partial charge is 0.156 e. The van der Waals surface area contributed by atoms with Gasteiger partial charge in [0.05, 0.1) is 11.7 Å². The Labute approximate surface area is 124 Å². The van der Waals surface area contributed by atoms with Crippen molar-refractivity contribution in [1.82, 2.24) is 20.3 Å². The van der Waals surface area contributed by atoms with Crippen molar-refractivity contribution in [1.29, 1.82) is 0 Å². The van der Waals surface area contributed by atoms with E-state index in [-0.39, 0.29) is 0 Å². The highest BCUT2D eigenvalue weighted by Crippen LogP contribution is 2.22. The number of benzene rings is 1. The maximum atomic E-state index is 4.70. The Morgan fingerprint density at radius 2 is 2.05 bits per heavy atom. The lowest BCUT2D eigenvalue weighted by molar-refractivity contribution is 0.583. The Kier molecular flexibility index (Phi) is 3.71. The molecule has 21 heavy (non-hydrogen) atoms. The van der Waals surface area contributed by atoms with Gasteiger partial charge in [-0.05, 0) is 24.6 Å². The highest BCUT2D eigenvalue weighted by Gasteiger charge is 2.08. The van der Waals surface area contributed by atoms with Crippen molar-refractivity contribution in [3.63, 3.8) is 0 Å². The molecule has 2 aromatic heterocycles. The summed E-state index contributed by atoms with van der Waals surface area (Å²) >= 11 is 0. The fourth-order valence-electron chi connectivity index (χ4n) is 2.36. The van der Waals surface area contributed by atoms with Crippen LogP contribution in [0.4, 0.5) is 0 Å². The van der Waals surface area contributed by atoms with Gasteiger partial charge in [-0.1, -0.05) is 32.0 Å². The Morgan fingerprint density at radius 3 is 2.86 bits per heavy atom. The van der Waals surface area contributed by atoms with Crippen molar-refractivity contribution in [2.45, 2.75) is 33.4 Å². The molecule has 0 bridgehead atoms. The zero-order chi connectivity index (χ0) is 14.8. The van der Waals surface area contributed by atoms with Gasteiger partial charge in [0.15, 0.2) is 5.82 Å². The number of nitrogens with one attached hydrogen (secondary N) is 2. The lowest BCUT2D eigenvalue weighted by Crippen LogP contribution is -2.21. The number of aromatic amines is 1. The third-order valence-electron chi connectivity index (χ3n) is 3.49. The molecule has 3 rings (SSSR count). The first-order valence-electron chi connectivity index (χ1n) is 7.27. The summed E-state index contributed by atoms with van der Waals surface area (Å²) in [7, 11) is 0. The summed E-state index contributed by atoms with van der Waals surface area (Å²) in [6.45, 7) is 7.16. The van der Waals surface area contributed by atoms with Crippen LogP contribution in [-0.2, 0) is 6.54 Å². The highest BCUT2D eigenvalue weighted by molar-refractivity contribution is 5.84. The molecule has 0 saturated carbocycles. The lowest BCUT2D eigenvalue weighted by Gasteiger charge is -2.06. The van der Waals surface area contributed by atoms with E-state index in [0.717, 1.165) is 29.3 Å². The van der Waals surface area contributed by atoms with E-state index in [1.54, 1.807) is 0 Å². The third kappa shape index (κ3) is 2.95. The molecule has 0 amide bonds. The van der Waals surface area contributed by atoms with Crippen LogP contribution in [0.5, 0.6) is 0 Å². The van der Waals surface area contributed by atoms with E-state index in [0.29, 0.717) is 6.04 Å². The van der Waals surface area contributed by atoms with E-state index in [1.807, 2.05) is 24.4 Å². The first-order chi connectivity index (χ1) is 10.1. The van der Waals surface area contributed by atoms with Crippen LogP contribution in [0.3, 0.4) is 0 Å². The van der Waals surface area contributed by atoms with Crippen LogP contribution in [0, 0.1) is 6.92 Å². The van der Waals surface area contributed by atoms with E-state index in [9.17, 15) is 0 Å². The van der Waals surface area contributed by atoms with Crippen LogP contribution < -0.4 is 5.32 Å². The fourth-order valence-corrected chi connectivity index (χ4v) is 2.36. The normalized spacial score (nSPS) is 11.4. The predicted octanol–water partition coefficient (Wildman–Crippen LogP) is 3.43. The van der Waals surface area contributed by atoms with Gasteiger partial charge in [-0.2, -0.15) is 0 Å². The van der Waals surface area contributed by atoms with E-state index >= 15 is 0 Å². The molecule has 4 heteroatoms. The number of rotatable bonds is 4. The van der Waals surface area contributed by atoms with Crippen LogP contribution in [0.2, 0.25) is 0 Å². The average molecular weight is 280 g/mol. The summed E-state index contributed by atoms with van der Waals surface area (Å²) in [6.07, 6.45) is 1.87. The van der Waals surface area contributed by atoms with Crippen LogP contribution in [-0.4, -0.2) is 21.0 Å². The number of nitrogens with zero attached hydrogens (tertiary/aromatic N) is 2. The summed E-state index contributed by atoms with van der Waals surface area (Å²) in [5, 5.41) is 4.57. The Morgan fingerprint density at radius 1 is 1.24 bits per heavy atom. The van der Waals surface area contributed by atoms with Crippen molar-refractivity contribution in [3.05, 3.63) is 47.8 Å². The van der Waals surface area contributed by atoms with Crippen molar-refractivity contribution >= 4 is 10.9 Å². The molecule has 1 aromatic carbocycles. The topological polar surface area (TPSA) is 53.6 Å². The molecule has 108 valence electrons. The molecule has 0 spiro atoms. The minimum Gasteiger partial charge on any atom is -0.339 e. The quantitative estimate of drug-likeness (QED) is 0.770. The van der Waals surface area contributed by atoms with Gasteiger partial charge in [0.25, 0.3) is 0 Å². The number of H-pyrrole nitrogens is 1. The average Bonchev–Trinajstić information content (AvgIpc) is 2.94. The first kappa shape index (κ1) is 13.8. The molecular weight excluding hydrogens is 260 g/mol. The molecular formula is C17H20N4. The molecule has 3 aromatic rings. The summed E-state index contributed by atoms with van der Waals surface area (Å²) in [6, 6.07) is 10.7. The van der Waals surface area contributed by atoms with Gasteiger partial charge in [-0.3, -0.25) is 0 Å². The molecule has 0 atom stereocenters. The minimum atomic E-state index is 0.456. The number of pyridine rings is 1. The second kappa shape index (κ2) is 5.66. The maximum Gasteiger partial charge on any atom is 0.156 e. The van der Waals surface area contributed by atoms with E-state index in [1.165, 1.54) is 10.9 Å². The molecule has 0 unspecified atom stereocenters. The molecule has 0 radical (unpaired) electrons. The first-order valence-corrected chi connectivity index (χ1v) is 7.27. The monoisotopic (exact) mass is 280 g/mol. The van der Waals surface area contributed by atoms with Gasteiger partial charge in [0.2, 0.25) is 0 Å². The van der Waals surface area contributed by atoms with E-state index in [4.69, 9.17) is 4.98 Å². The number of hydrogen-bond donors (Lipinski definition) is 2. The van der Waals surface area contributed by atoms with E-state index in [2.05, 4.69) is 48.2 Å². The number of imidazole rings is 1. The summed E-state index contributed by atoms with van der Waals surface area (Å²) in [5.74, 6) is 0.824. The van der Waals surface area contributed by atoms with Crippen LogP contribution in [0.25, 0.3) is 22.4 Å². The number of hydrogen-bond acceptors (Lipinski definition) is 3. The SMILES string of the molecule is Cc1cc(-c2ncc(CNC(C)C)[nH]2)nc2ccccc12. The molecule has 2 heterocycles. The molecule has 0 aliphatic heterocycles. The number of aromatic nitrogens is 3. The number of para-hydroxylation sites is 1. The molecule has 2 N–H and O–H groups in total. The molecule has 0 aliphatic carbocycles. The van der Waals surface area contributed by atoms with Crippen LogP contribution in [0.15, 0.2) is 36.5 Å². The van der Waals surface area contributed by atoms with Gasteiger partial charge in [0, 0.05) is 23.7 Å². The standard InChI is InChI=1S/C17H20N4/c1-11(2)18-9-13-10-19-17(20-13)16-8-12(3)14-6-4-5-7-15(14)21-16/h4-8,10-11,18H,9H2,1-3H3,(H,19,20). The van der Waals surface area contributed by atoms with Gasteiger partial charge in [-0.15, -0.1) is 0 Å². The Bertz CT molecular complexity index is 758. The second-order valence-corrected chi connectivity index (χ2v) is 5.63. The van der Waals surface area contributed by atoms with Crippen molar-refractivity contribution in [2.75, 3.05) is 0 Å². The molecule has 0 fully saturated rings. The van der Waals surface area contributed by atoms with Gasteiger partial charge in [-0.25, -0.2) is 9.97 Å². The molecule has 0 aliphatic rings. The summed E-state index contributed by atoms with van der Waals surface area (Å²) in [4.78, 5) is 12.5. The third-order valence-corrected chi connectivity index (χ3v) is 3.49. The van der Waals surface area contributed by atoms with Crippen molar-refractivity contribution in [3.8, 4) is 11.5 Å². The summed E-state index contributed by atoms with van der Waals surface area (Å²) in [5.41, 5.74) is 4.19. The fraction of sp³-hybridized carbons (Fsp3) is 0.294. The van der Waals surface area contributed by atoms with Gasteiger partial charge < -0.3 is 10.3 Å². The summed E-state index contributed by atoms with van der Waals surface area (Å²) < 4.78 is 0. The second-order valence-electron chi connectivity index (χ2n) is 5.63. The van der Waals surface area contributed by atoms with E-state index < -0.39 is 0 Å². The molecule has 0 saturated heterocycles.